The highest BCUT2D eigenvalue weighted by Gasteiger charge is 2.23. The van der Waals surface area contributed by atoms with Gasteiger partial charge in [0, 0.05) is 23.5 Å². The predicted octanol–water partition coefficient (Wildman–Crippen LogP) is 12.2. The molecule has 0 bridgehead atoms. The minimum atomic E-state index is -0.711. The molecule has 312 valence electrons. The van der Waals surface area contributed by atoms with Gasteiger partial charge in [0.15, 0.2) is 12.2 Å². The largest absolute Gasteiger partial charge is 0.508 e. The highest BCUT2D eigenvalue weighted by molar-refractivity contribution is 5.95. The fraction of sp³-hybridized carbons (Fsp3) is 0.449. The number of aryl methyl sites for hydroxylation is 4. The van der Waals surface area contributed by atoms with Crippen LogP contribution in [0.15, 0.2) is 78.9 Å². The molecule has 2 amide bonds. The zero-order valence-corrected chi connectivity index (χ0v) is 35.5. The molecule has 0 aromatic heterocycles. The summed E-state index contributed by atoms with van der Waals surface area (Å²) in [5, 5.41) is 34.8. The van der Waals surface area contributed by atoms with Crippen LogP contribution in [0, 0.1) is 39.0 Å². The molecule has 0 saturated heterocycles. The first kappa shape index (κ1) is 46.9. The lowest BCUT2D eigenvalue weighted by Gasteiger charge is -2.20. The summed E-state index contributed by atoms with van der Waals surface area (Å²) in [6.45, 7) is 12.0. The molecule has 4 aromatic carbocycles. The van der Waals surface area contributed by atoms with Crippen LogP contribution in [0.2, 0.25) is 0 Å². The normalized spacial score (nSPS) is 11.7. The molecule has 0 heterocycles. The Morgan fingerprint density at radius 2 is 1.07 bits per heavy atom. The van der Waals surface area contributed by atoms with Crippen LogP contribution in [0.5, 0.6) is 23.0 Å². The molecule has 4 N–H and O–H groups in total. The molecule has 0 fully saturated rings. The molecular formula is C49H65N3O6. The molecule has 0 aliphatic rings. The van der Waals surface area contributed by atoms with Crippen LogP contribution in [-0.4, -0.2) is 34.2 Å². The van der Waals surface area contributed by atoms with Crippen molar-refractivity contribution in [3.05, 3.63) is 107 Å². The van der Waals surface area contributed by atoms with E-state index in [1.807, 2.05) is 39.0 Å². The molecule has 2 atom stereocenters. The van der Waals surface area contributed by atoms with Gasteiger partial charge < -0.3 is 30.3 Å². The maximum atomic E-state index is 13.0. The topological polar surface area (TPSA) is 141 Å². The molecule has 2 unspecified atom stereocenters. The number of hydrogen-bond acceptors (Lipinski definition) is 7. The molecule has 4 rings (SSSR count). The Morgan fingerprint density at radius 3 is 1.57 bits per heavy atom. The summed E-state index contributed by atoms with van der Waals surface area (Å²) in [6, 6.07) is 25.2. The number of para-hydroxylation sites is 1. The number of benzene rings is 4. The number of unbranched alkanes of at least 4 members (excludes halogenated alkanes) is 10. The minimum Gasteiger partial charge on any atom is -0.508 e. The van der Waals surface area contributed by atoms with Crippen molar-refractivity contribution in [1.82, 2.24) is 0 Å². The lowest BCUT2D eigenvalue weighted by atomic mass is 10.0. The molecule has 4 aromatic rings. The van der Waals surface area contributed by atoms with Gasteiger partial charge in [0.25, 0.3) is 11.8 Å². The third-order valence-electron chi connectivity index (χ3n) is 10.1. The van der Waals surface area contributed by atoms with Crippen molar-refractivity contribution in [2.45, 2.75) is 144 Å². The van der Waals surface area contributed by atoms with Gasteiger partial charge in [-0.2, -0.15) is 5.26 Å². The van der Waals surface area contributed by atoms with Gasteiger partial charge in [0.1, 0.15) is 29.1 Å². The maximum Gasteiger partial charge on any atom is 0.265 e. The number of amides is 2. The zero-order chi connectivity index (χ0) is 42.3. The van der Waals surface area contributed by atoms with E-state index in [2.05, 4.69) is 30.6 Å². The predicted molar refractivity (Wildman–Crippen MR) is 235 cm³/mol. The Bertz CT molecular complexity index is 1920. The molecule has 0 aliphatic heterocycles. The van der Waals surface area contributed by atoms with E-state index in [9.17, 15) is 25.1 Å². The number of hydrogen-bond donors (Lipinski definition) is 4. The molecule has 0 radical (unpaired) electrons. The maximum absolute atomic E-state index is 13.0. The number of phenolic OH excluding ortho intramolecular Hbond substituents is 2. The SMILES string of the molecule is CCCCC(Oc1ccc(C)cc1C)C(=O)Nc1ccc(C)c(O)c1.CCCCCCCCCCCCC(Oc1ccccc1C#N)C(=O)Nc1ccc(C)c(O)c1. The van der Waals surface area contributed by atoms with Crippen LogP contribution in [0.4, 0.5) is 11.4 Å². The van der Waals surface area contributed by atoms with Gasteiger partial charge in [0.05, 0.1) is 5.56 Å². The van der Waals surface area contributed by atoms with Gasteiger partial charge in [0.2, 0.25) is 0 Å². The Kier molecular flexibility index (Phi) is 20.8. The van der Waals surface area contributed by atoms with Crippen LogP contribution < -0.4 is 20.1 Å². The monoisotopic (exact) mass is 791 g/mol. The van der Waals surface area contributed by atoms with Gasteiger partial charge in [-0.3, -0.25) is 9.59 Å². The van der Waals surface area contributed by atoms with Crippen molar-refractivity contribution < 1.29 is 29.3 Å². The summed E-state index contributed by atoms with van der Waals surface area (Å²) in [6.07, 6.45) is 14.0. The third-order valence-corrected chi connectivity index (χ3v) is 10.1. The average Bonchev–Trinajstić information content (AvgIpc) is 3.20. The number of phenols is 2. The Balaban J connectivity index is 0.000000322. The number of rotatable bonds is 22. The van der Waals surface area contributed by atoms with E-state index in [1.54, 1.807) is 61.5 Å². The number of ether oxygens (including phenoxy) is 2. The van der Waals surface area contributed by atoms with Crippen molar-refractivity contribution in [3.63, 3.8) is 0 Å². The van der Waals surface area contributed by atoms with Crippen LogP contribution >= 0.6 is 0 Å². The first-order valence-corrected chi connectivity index (χ1v) is 21.1. The van der Waals surface area contributed by atoms with Gasteiger partial charge in [-0.1, -0.05) is 120 Å². The van der Waals surface area contributed by atoms with E-state index in [4.69, 9.17) is 9.47 Å². The smallest absolute Gasteiger partial charge is 0.265 e. The molecule has 9 nitrogen and oxygen atoms in total. The van der Waals surface area contributed by atoms with Gasteiger partial charge in [-0.15, -0.1) is 0 Å². The van der Waals surface area contributed by atoms with E-state index >= 15 is 0 Å². The van der Waals surface area contributed by atoms with Crippen LogP contribution in [0.1, 0.15) is 132 Å². The number of nitriles is 1. The Morgan fingerprint density at radius 1 is 0.586 bits per heavy atom. The van der Waals surface area contributed by atoms with E-state index in [0.717, 1.165) is 60.1 Å². The molecule has 0 aliphatic carbocycles. The van der Waals surface area contributed by atoms with Crippen LogP contribution in [0.25, 0.3) is 0 Å². The zero-order valence-electron chi connectivity index (χ0n) is 35.5. The van der Waals surface area contributed by atoms with E-state index in [1.165, 1.54) is 51.0 Å². The number of aromatic hydroxyl groups is 2. The second-order valence-electron chi connectivity index (χ2n) is 15.2. The fourth-order valence-corrected chi connectivity index (χ4v) is 6.41. The summed E-state index contributed by atoms with van der Waals surface area (Å²) < 4.78 is 12.0. The lowest BCUT2D eigenvalue weighted by molar-refractivity contribution is -0.123. The highest BCUT2D eigenvalue weighted by atomic mass is 16.5. The van der Waals surface area contributed by atoms with E-state index in [-0.39, 0.29) is 23.3 Å². The minimum absolute atomic E-state index is 0.134. The summed E-state index contributed by atoms with van der Waals surface area (Å²) in [5.74, 6) is 0.971. The Labute approximate surface area is 346 Å². The first-order chi connectivity index (χ1) is 27.9. The van der Waals surface area contributed by atoms with E-state index in [0.29, 0.717) is 35.5 Å². The first-order valence-electron chi connectivity index (χ1n) is 21.1. The van der Waals surface area contributed by atoms with E-state index < -0.39 is 12.2 Å². The van der Waals surface area contributed by atoms with Crippen LogP contribution in [0.3, 0.4) is 0 Å². The van der Waals surface area contributed by atoms with Crippen LogP contribution in [-0.2, 0) is 9.59 Å². The van der Waals surface area contributed by atoms with Gasteiger partial charge >= 0.3 is 0 Å². The second kappa shape index (κ2) is 25.7. The summed E-state index contributed by atoms with van der Waals surface area (Å²) in [4.78, 5) is 25.7. The number of anilines is 2. The third kappa shape index (κ3) is 16.5. The lowest BCUT2D eigenvalue weighted by Crippen LogP contribution is -2.33. The molecule has 9 heteroatoms. The average molecular weight is 792 g/mol. The van der Waals surface area contributed by atoms with Gasteiger partial charge in [-0.25, -0.2) is 0 Å². The summed E-state index contributed by atoms with van der Waals surface area (Å²) in [5.41, 5.74) is 5.19. The summed E-state index contributed by atoms with van der Waals surface area (Å²) in [7, 11) is 0. The van der Waals surface area contributed by atoms with Gasteiger partial charge in [-0.05, 0) is 100 Å². The molecule has 0 saturated carbocycles. The number of carbonyl (C=O) groups is 2. The molecule has 0 spiro atoms. The van der Waals surface area contributed by atoms with Crippen molar-refractivity contribution >= 4 is 23.2 Å². The number of nitrogens with one attached hydrogen (secondary N) is 2. The fourth-order valence-electron chi connectivity index (χ4n) is 6.41. The quantitative estimate of drug-likeness (QED) is 0.0581. The van der Waals surface area contributed by atoms with Crippen molar-refractivity contribution in [3.8, 4) is 29.1 Å². The Hall–Kier alpha value is -5.49. The molecule has 58 heavy (non-hydrogen) atoms. The second-order valence-corrected chi connectivity index (χ2v) is 15.2. The highest BCUT2D eigenvalue weighted by Crippen LogP contribution is 2.26. The van der Waals surface area contributed by atoms with Crippen molar-refractivity contribution in [2.75, 3.05) is 10.6 Å². The van der Waals surface area contributed by atoms with Crippen molar-refractivity contribution in [2.24, 2.45) is 0 Å². The van der Waals surface area contributed by atoms with Crippen molar-refractivity contribution in [1.29, 1.82) is 5.26 Å². The standard InChI is InChI=1S/C28H38N2O3.C21H27NO3/c1-3-4-5-6-7-8-9-10-11-12-17-27(33-26-16-14-13-15-23(26)21-29)28(32)30-24-19-18-22(2)25(31)20-24;1-5-6-7-20(25-19-11-8-14(2)12-16(19)4)21(24)22-17-10-9-15(3)18(23)13-17/h13-16,18-20,27,31H,3-12,17H2,1-2H3,(H,30,32);8-13,20,23H,5-7H2,1-4H3,(H,22,24). The number of nitrogens with zero attached hydrogens (tertiary/aromatic N) is 1. The number of carbonyl (C=O) groups excluding carboxylic acids is 2. The summed E-state index contributed by atoms with van der Waals surface area (Å²) >= 11 is 0. The molecular weight excluding hydrogens is 727 g/mol.